The number of rotatable bonds is 6. The number of nitrogens with one attached hydrogen (secondary N) is 1. The monoisotopic (exact) mass is 335 g/mol. The molecule has 1 aromatic carbocycles. The first-order valence-corrected chi connectivity index (χ1v) is 8.31. The van der Waals surface area contributed by atoms with Gasteiger partial charge in [0.25, 0.3) is 0 Å². The second kappa shape index (κ2) is 8.89. The molecule has 0 amide bonds. The van der Waals surface area contributed by atoms with Crippen molar-refractivity contribution < 1.29 is 14.2 Å². The van der Waals surface area contributed by atoms with Crippen LogP contribution in [-0.2, 0) is 16.0 Å². The van der Waals surface area contributed by atoms with E-state index >= 15 is 0 Å². The summed E-state index contributed by atoms with van der Waals surface area (Å²) >= 11 is 0. The summed E-state index contributed by atoms with van der Waals surface area (Å²) in [7, 11) is 7.28. The number of hydrogen-bond acceptors (Lipinski definition) is 4. The Hall–Kier alpha value is -1.79. The number of nitrogens with zero attached hydrogens (tertiary/aromatic N) is 2. The summed E-state index contributed by atoms with van der Waals surface area (Å²) in [5.74, 6) is 1.72. The summed E-state index contributed by atoms with van der Waals surface area (Å²) in [4.78, 5) is 6.48. The van der Waals surface area contributed by atoms with Crippen LogP contribution < -0.4 is 10.1 Å². The third-order valence-electron chi connectivity index (χ3n) is 4.58. The zero-order valence-electron chi connectivity index (χ0n) is 15.2. The van der Waals surface area contributed by atoms with Crippen molar-refractivity contribution >= 4 is 5.96 Å². The quantitative estimate of drug-likeness (QED) is 0.636. The van der Waals surface area contributed by atoms with Crippen LogP contribution in [0.15, 0.2) is 29.3 Å². The standard InChI is InChI=1S/C18H29N3O3/c1-19-17(20-14-18(23-4)9-11-24-12-10-18)21(2)13-15-7-5-6-8-16(15)22-3/h5-8H,9-14H2,1-4H3,(H,19,20). The van der Waals surface area contributed by atoms with E-state index in [9.17, 15) is 0 Å². The van der Waals surface area contributed by atoms with Crippen LogP contribution in [0.2, 0.25) is 0 Å². The van der Waals surface area contributed by atoms with E-state index in [2.05, 4.69) is 21.3 Å². The minimum absolute atomic E-state index is 0.181. The first-order valence-electron chi connectivity index (χ1n) is 8.31. The summed E-state index contributed by atoms with van der Waals surface area (Å²) in [5.41, 5.74) is 0.942. The Balaban J connectivity index is 1.97. The van der Waals surface area contributed by atoms with E-state index in [4.69, 9.17) is 14.2 Å². The van der Waals surface area contributed by atoms with Gasteiger partial charge in [-0.2, -0.15) is 0 Å². The first kappa shape index (κ1) is 18.5. The summed E-state index contributed by atoms with van der Waals surface area (Å²) < 4.78 is 16.6. The fourth-order valence-electron chi connectivity index (χ4n) is 2.99. The SMILES string of the molecule is CN=C(NCC1(OC)CCOCC1)N(C)Cc1ccccc1OC. The third kappa shape index (κ3) is 4.61. The van der Waals surface area contributed by atoms with Crippen LogP contribution >= 0.6 is 0 Å². The van der Waals surface area contributed by atoms with Crippen molar-refractivity contribution in [3.63, 3.8) is 0 Å². The highest BCUT2D eigenvalue weighted by Crippen LogP contribution is 2.24. The van der Waals surface area contributed by atoms with Crippen LogP contribution in [0.5, 0.6) is 5.75 Å². The van der Waals surface area contributed by atoms with Crippen LogP contribution in [0, 0.1) is 0 Å². The maximum atomic E-state index is 5.77. The molecular formula is C18H29N3O3. The van der Waals surface area contributed by atoms with Crippen molar-refractivity contribution in [2.75, 3.05) is 48.1 Å². The lowest BCUT2D eigenvalue weighted by Crippen LogP contribution is -2.50. The van der Waals surface area contributed by atoms with Gasteiger partial charge in [0, 0.05) is 65.9 Å². The number of ether oxygens (including phenoxy) is 3. The van der Waals surface area contributed by atoms with Gasteiger partial charge < -0.3 is 24.4 Å². The lowest BCUT2D eigenvalue weighted by atomic mass is 9.94. The second-order valence-corrected chi connectivity index (χ2v) is 6.07. The fraction of sp³-hybridized carbons (Fsp3) is 0.611. The molecule has 1 N–H and O–H groups in total. The molecule has 0 aliphatic carbocycles. The lowest BCUT2D eigenvalue weighted by molar-refractivity contribution is -0.0857. The normalized spacial score (nSPS) is 17.4. The predicted octanol–water partition coefficient (Wildman–Crippen LogP) is 1.90. The van der Waals surface area contributed by atoms with Gasteiger partial charge in [0.1, 0.15) is 5.75 Å². The lowest BCUT2D eigenvalue weighted by Gasteiger charge is -2.37. The summed E-state index contributed by atoms with van der Waals surface area (Å²) in [5, 5.41) is 3.44. The van der Waals surface area contributed by atoms with E-state index in [0.717, 1.165) is 49.9 Å². The zero-order valence-corrected chi connectivity index (χ0v) is 15.2. The molecule has 0 spiro atoms. The molecule has 6 heteroatoms. The molecule has 1 fully saturated rings. The number of para-hydroxylation sites is 1. The van der Waals surface area contributed by atoms with Crippen molar-refractivity contribution in [1.29, 1.82) is 0 Å². The highest BCUT2D eigenvalue weighted by Gasteiger charge is 2.32. The van der Waals surface area contributed by atoms with Crippen LogP contribution in [0.4, 0.5) is 0 Å². The molecule has 0 radical (unpaired) electrons. The van der Waals surface area contributed by atoms with Crippen LogP contribution in [-0.4, -0.2) is 64.5 Å². The molecular weight excluding hydrogens is 306 g/mol. The average Bonchev–Trinajstić information content (AvgIpc) is 2.63. The zero-order chi connectivity index (χ0) is 17.4. The van der Waals surface area contributed by atoms with Crippen molar-refractivity contribution in [3.05, 3.63) is 29.8 Å². The number of hydrogen-bond donors (Lipinski definition) is 1. The van der Waals surface area contributed by atoms with Gasteiger partial charge in [-0.15, -0.1) is 0 Å². The minimum Gasteiger partial charge on any atom is -0.496 e. The minimum atomic E-state index is -0.181. The van der Waals surface area contributed by atoms with Crippen molar-refractivity contribution in [2.45, 2.75) is 25.0 Å². The summed E-state index contributed by atoms with van der Waals surface area (Å²) in [6, 6.07) is 8.03. The highest BCUT2D eigenvalue weighted by atomic mass is 16.5. The van der Waals surface area contributed by atoms with E-state index in [1.807, 2.05) is 25.2 Å². The van der Waals surface area contributed by atoms with Gasteiger partial charge in [0.05, 0.1) is 12.7 Å². The van der Waals surface area contributed by atoms with Crippen LogP contribution in [0.25, 0.3) is 0 Å². The molecule has 0 bridgehead atoms. The number of guanidine groups is 1. The molecule has 0 unspecified atom stereocenters. The summed E-state index contributed by atoms with van der Waals surface area (Å²) in [6.07, 6.45) is 1.79. The van der Waals surface area contributed by atoms with Crippen LogP contribution in [0.3, 0.4) is 0 Å². The Morgan fingerprint density at radius 2 is 2.00 bits per heavy atom. The summed E-state index contributed by atoms with van der Waals surface area (Å²) in [6.45, 7) is 2.92. The molecule has 6 nitrogen and oxygen atoms in total. The number of aliphatic imine (C=N–C) groups is 1. The molecule has 134 valence electrons. The topological polar surface area (TPSA) is 55.3 Å². The Kier molecular flexibility index (Phi) is 6.87. The Labute approximate surface area is 144 Å². The number of benzene rings is 1. The molecule has 1 aliphatic heterocycles. The maximum absolute atomic E-state index is 5.77. The highest BCUT2D eigenvalue weighted by molar-refractivity contribution is 5.79. The van der Waals surface area contributed by atoms with Gasteiger partial charge in [-0.25, -0.2) is 0 Å². The number of methoxy groups -OCH3 is 2. The first-order chi connectivity index (χ1) is 11.6. The van der Waals surface area contributed by atoms with E-state index in [0.29, 0.717) is 6.54 Å². The molecule has 2 rings (SSSR count). The molecule has 24 heavy (non-hydrogen) atoms. The van der Waals surface area contributed by atoms with Crippen molar-refractivity contribution in [1.82, 2.24) is 10.2 Å². The van der Waals surface area contributed by atoms with E-state index < -0.39 is 0 Å². The molecule has 0 aromatic heterocycles. The van der Waals surface area contributed by atoms with E-state index in [-0.39, 0.29) is 5.60 Å². The molecule has 1 aromatic rings. The molecule has 0 saturated carbocycles. The Bertz CT molecular complexity index is 542. The van der Waals surface area contributed by atoms with Gasteiger partial charge >= 0.3 is 0 Å². The molecule has 1 heterocycles. The van der Waals surface area contributed by atoms with Crippen molar-refractivity contribution in [3.8, 4) is 5.75 Å². The third-order valence-corrected chi connectivity index (χ3v) is 4.58. The molecule has 1 aliphatic rings. The fourth-order valence-corrected chi connectivity index (χ4v) is 2.99. The largest absolute Gasteiger partial charge is 0.496 e. The van der Waals surface area contributed by atoms with Gasteiger partial charge in [-0.05, 0) is 6.07 Å². The Morgan fingerprint density at radius 3 is 2.62 bits per heavy atom. The Morgan fingerprint density at radius 1 is 1.29 bits per heavy atom. The van der Waals surface area contributed by atoms with Crippen LogP contribution in [0.1, 0.15) is 18.4 Å². The average molecular weight is 335 g/mol. The molecule has 0 atom stereocenters. The van der Waals surface area contributed by atoms with E-state index in [1.165, 1.54) is 0 Å². The predicted molar refractivity (Wildman–Crippen MR) is 95.6 cm³/mol. The smallest absolute Gasteiger partial charge is 0.193 e. The van der Waals surface area contributed by atoms with Gasteiger partial charge in [-0.3, -0.25) is 4.99 Å². The molecule has 1 saturated heterocycles. The van der Waals surface area contributed by atoms with E-state index in [1.54, 1.807) is 21.3 Å². The van der Waals surface area contributed by atoms with Gasteiger partial charge in [-0.1, -0.05) is 18.2 Å². The van der Waals surface area contributed by atoms with Gasteiger partial charge in [0.15, 0.2) is 5.96 Å². The van der Waals surface area contributed by atoms with Gasteiger partial charge in [0.2, 0.25) is 0 Å². The second-order valence-electron chi connectivity index (χ2n) is 6.07. The van der Waals surface area contributed by atoms with Crippen molar-refractivity contribution in [2.24, 2.45) is 4.99 Å². The maximum Gasteiger partial charge on any atom is 0.193 e.